The van der Waals surface area contributed by atoms with Gasteiger partial charge in [0.1, 0.15) is 22.0 Å². The van der Waals surface area contributed by atoms with E-state index in [9.17, 15) is 13.6 Å². The zero-order chi connectivity index (χ0) is 16.7. The zero-order valence-corrected chi connectivity index (χ0v) is 12.9. The van der Waals surface area contributed by atoms with Crippen molar-refractivity contribution < 1.29 is 8.78 Å². The summed E-state index contributed by atoms with van der Waals surface area (Å²) < 4.78 is 27.4. The Morgan fingerprint density at radius 3 is 2.58 bits per heavy atom. The molecule has 0 saturated carbocycles. The molecule has 4 aromatic rings. The molecule has 7 heteroatoms. The molecule has 1 aromatic carbocycles. The molecule has 0 aliphatic heterocycles. The Morgan fingerprint density at radius 1 is 1.08 bits per heavy atom. The van der Waals surface area contributed by atoms with E-state index in [0.29, 0.717) is 32.9 Å². The molecule has 0 saturated heterocycles. The van der Waals surface area contributed by atoms with Crippen LogP contribution in [0.3, 0.4) is 0 Å². The van der Waals surface area contributed by atoms with Crippen molar-refractivity contribution in [3.8, 4) is 22.6 Å². The standard InChI is InChI=1S/C17H9F2N3OS/c18-10-5-9(6-11(19)7-10)12-8-24-15-14(12)21-16(22-17(15)23)13-3-1-2-4-20-13/h1-8H,(H,21,22,23). The molecule has 0 radical (unpaired) electrons. The maximum absolute atomic E-state index is 13.5. The van der Waals surface area contributed by atoms with Crippen LogP contribution in [0.5, 0.6) is 0 Å². The number of nitrogens with one attached hydrogen (secondary N) is 1. The van der Waals surface area contributed by atoms with Gasteiger partial charge < -0.3 is 4.98 Å². The Morgan fingerprint density at radius 2 is 1.88 bits per heavy atom. The molecular weight excluding hydrogens is 332 g/mol. The molecule has 0 bridgehead atoms. The Balaban J connectivity index is 1.98. The van der Waals surface area contributed by atoms with Crippen LogP contribution in [0.25, 0.3) is 32.9 Å². The molecule has 3 heterocycles. The number of nitrogens with zero attached hydrogens (tertiary/aromatic N) is 2. The third-order valence-corrected chi connectivity index (χ3v) is 4.48. The van der Waals surface area contributed by atoms with Gasteiger partial charge in [0.05, 0.1) is 5.52 Å². The lowest BCUT2D eigenvalue weighted by molar-refractivity contribution is 0.584. The summed E-state index contributed by atoms with van der Waals surface area (Å²) in [6.45, 7) is 0. The first-order valence-electron chi connectivity index (χ1n) is 7.01. The van der Waals surface area contributed by atoms with Gasteiger partial charge >= 0.3 is 0 Å². The van der Waals surface area contributed by atoms with Crippen LogP contribution in [0.15, 0.2) is 52.8 Å². The van der Waals surface area contributed by atoms with Crippen LogP contribution < -0.4 is 5.56 Å². The summed E-state index contributed by atoms with van der Waals surface area (Å²) in [4.78, 5) is 23.6. The van der Waals surface area contributed by atoms with E-state index < -0.39 is 11.6 Å². The maximum atomic E-state index is 13.5. The van der Waals surface area contributed by atoms with Gasteiger partial charge in [0.25, 0.3) is 5.56 Å². The van der Waals surface area contributed by atoms with E-state index in [4.69, 9.17) is 0 Å². The quantitative estimate of drug-likeness (QED) is 0.600. The minimum Gasteiger partial charge on any atom is -0.304 e. The second kappa shape index (κ2) is 5.61. The molecule has 0 aliphatic rings. The van der Waals surface area contributed by atoms with Crippen molar-refractivity contribution in [1.82, 2.24) is 15.0 Å². The Bertz CT molecular complexity index is 1090. The molecule has 0 unspecified atom stereocenters. The summed E-state index contributed by atoms with van der Waals surface area (Å²) in [5.74, 6) is -1.05. The number of hydrogen-bond acceptors (Lipinski definition) is 4. The van der Waals surface area contributed by atoms with E-state index in [2.05, 4.69) is 15.0 Å². The van der Waals surface area contributed by atoms with Crippen molar-refractivity contribution in [2.75, 3.05) is 0 Å². The van der Waals surface area contributed by atoms with Gasteiger partial charge in [-0.05, 0) is 29.8 Å². The highest BCUT2D eigenvalue weighted by atomic mass is 32.1. The van der Waals surface area contributed by atoms with Crippen LogP contribution in [-0.2, 0) is 0 Å². The SMILES string of the molecule is O=c1[nH]c(-c2ccccn2)nc2c(-c3cc(F)cc(F)c3)csc12. The molecule has 4 nitrogen and oxygen atoms in total. The second-order valence-corrected chi connectivity index (χ2v) is 5.99. The number of hydrogen-bond donors (Lipinski definition) is 1. The van der Waals surface area contributed by atoms with Gasteiger partial charge in [-0.3, -0.25) is 9.78 Å². The summed E-state index contributed by atoms with van der Waals surface area (Å²) in [5, 5.41) is 1.67. The van der Waals surface area contributed by atoms with Gasteiger partial charge in [-0.15, -0.1) is 11.3 Å². The van der Waals surface area contributed by atoms with E-state index >= 15 is 0 Å². The van der Waals surface area contributed by atoms with E-state index in [1.807, 2.05) is 0 Å². The monoisotopic (exact) mass is 341 g/mol. The lowest BCUT2D eigenvalue weighted by Crippen LogP contribution is -2.08. The van der Waals surface area contributed by atoms with Gasteiger partial charge in [0, 0.05) is 23.2 Å². The maximum Gasteiger partial charge on any atom is 0.269 e. The molecule has 0 fully saturated rings. The molecule has 1 N–H and O–H groups in total. The highest BCUT2D eigenvalue weighted by Gasteiger charge is 2.15. The number of benzene rings is 1. The molecule has 0 aliphatic carbocycles. The summed E-state index contributed by atoms with van der Waals surface area (Å²) in [7, 11) is 0. The first kappa shape index (κ1) is 14.6. The Kier molecular flexibility index (Phi) is 3.42. The number of thiophene rings is 1. The number of aromatic nitrogens is 3. The van der Waals surface area contributed by atoms with Gasteiger partial charge in [-0.1, -0.05) is 6.07 Å². The fourth-order valence-corrected chi connectivity index (χ4v) is 3.37. The van der Waals surface area contributed by atoms with Crippen molar-refractivity contribution in [1.29, 1.82) is 0 Å². The van der Waals surface area contributed by atoms with Crippen LogP contribution >= 0.6 is 11.3 Å². The van der Waals surface area contributed by atoms with Crippen molar-refractivity contribution in [2.24, 2.45) is 0 Å². The predicted molar refractivity (Wildman–Crippen MR) is 88.8 cm³/mol. The van der Waals surface area contributed by atoms with Gasteiger partial charge in [0.2, 0.25) is 0 Å². The number of H-pyrrole nitrogens is 1. The Labute approximate surface area is 138 Å². The van der Waals surface area contributed by atoms with Crippen LogP contribution in [0.2, 0.25) is 0 Å². The minimum absolute atomic E-state index is 0.310. The first-order valence-corrected chi connectivity index (χ1v) is 7.89. The third kappa shape index (κ3) is 2.48. The van der Waals surface area contributed by atoms with E-state index in [-0.39, 0.29) is 5.56 Å². The molecule has 0 spiro atoms. The second-order valence-electron chi connectivity index (χ2n) is 5.11. The molecular formula is C17H9F2N3OS. The summed E-state index contributed by atoms with van der Waals surface area (Å²) in [6.07, 6.45) is 1.59. The summed E-state index contributed by atoms with van der Waals surface area (Å²) in [5.41, 5.74) is 1.45. The fourth-order valence-electron chi connectivity index (χ4n) is 2.47. The van der Waals surface area contributed by atoms with Crippen LogP contribution in [0.1, 0.15) is 0 Å². The average molecular weight is 341 g/mol. The number of rotatable bonds is 2. The van der Waals surface area contributed by atoms with E-state index in [1.54, 1.807) is 29.8 Å². The van der Waals surface area contributed by atoms with Crippen LogP contribution in [-0.4, -0.2) is 15.0 Å². The zero-order valence-electron chi connectivity index (χ0n) is 12.1. The van der Waals surface area contributed by atoms with Crippen molar-refractivity contribution in [3.63, 3.8) is 0 Å². The molecule has 0 atom stereocenters. The van der Waals surface area contributed by atoms with Crippen molar-refractivity contribution in [3.05, 3.63) is 70.0 Å². The topological polar surface area (TPSA) is 58.6 Å². The van der Waals surface area contributed by atoms with E-state index in [1.165, 1.54) is 23.5 Å². The van der Waals surface area contributed by atoms with Gasteiger partial charge in [-0.25, -0.2) is 13.8 Å². The van der Waals surface area contributed by atoms with Gasteiger partial charge in [-0.2, -0.15) is 0 Å². The highest BCUT2D eigenvalue weighted by molar-refractivity contribution is 7.17. The van der Waals surface area contributed by atoms with Gasteiger partial charge in [0.15, 0.2) is 5.82 Å². The average Bonchev–Trinajstić information content (AvgIpc) is 2.99. The van der Waals surface area contributed by atoms with Crippen molar-refractivity contribution in [2.45, 2.75) is 0 Å². The lowest BCUT2D eigenvalue weighted by Gasteiger charge is -2.03. The number of aromatic amines is 1. The van der Waals surface area contributed by atoms with Crippen LogP contribution in [0.4, 0.5) is 8.78 Å². The molecule has 3 aromatic heterocycles. The molecule has 118 valence electrons. The first-order chi connectivity index (χ1) is 11.6. The highest BCUT2D eigenvalue weighted by Crippen LogP contribution is 2.32. The molecule has 4 rings (SSSR count). The minimum atomic E-state index is -0.681. The third-order valence-electron chi connectivity index (χ3n) is 3.51. The Hall–Kier alpha value is -2.93. The normalized spacial score (nSPS) is 11.1. The summed E-state index contributed by atoms with van der Waals surface area (Å²) in [6, 6.07) is 8.49. The van der Waals surface area contributed by atoms with E-state index in [0.717, 1.165) is 6.07 Å². The predicted octanol–water partition coefficient (Wildman–Crippen LogP) is 3.99. The molecule has 24 heavy (non-hydrogen) atoms. The number of halogens is 2. The van der Waals surface area contributed by atoms with Crippen molar-refractivity contribution >= 4 is 21.6 Å². The smallest absolute Gasteiger partial charge is 0.269 e. The molecule has 0 amide bonds. The fraction of sp³-hybridized carbons (Fsp3) is 0. The number of pyridine rings is 1. The largest absolute Gasteiger partial charge is 0.304 e. The van der Waals surface area contributed by atoms with Crippen LogP contribution in [0, 0.1) is 11.6 Å². The lowest BCUT2D eigenvalue weighted by atomic mass is 10.1. The number of fused-ring (bicyclic) bond motifs is 1. The summed E-state index contributed by atoms with van der Waals surface area (Å²) >= 11 is 1.18.